The number of nitrogens with zero attached hydrogens (tertiary/aromatic N) is 3. The largest absolute Gasteiger partial charge is 0.342 e. The van der Waals surface area contributed by atoms with E-state index in [-0.39, 0.29) is 29.3 Å². The normalized spacial score (nSPS) is 31.1. The topological polar surface area (TPSA) is 77.6 Å². The molecule has 27 heavy (non-hydrogen) atoms. The molecular weight excluding hydrogens is 342 g/mol. The molecule has 0 bridgehead atoms. The van der Waals surface area contributed by atoms with Gasteiger partial charge in [0.05, 0.1) is 5.41 Å². The van der Waals surface area contributed by atoms with Crippen LogP contribution >= 0.6 is 0 Å². The van der Waals surface area contributed by atoms with E-state index in [0.717, 1.165) is 44.3 Å². The Hall–Kier alpha value is -1.99. The molecule has 2 amide bonds. The predicted molar refractivity (Wildman–Crippen MR) is 101 cm³/mol. The lowest BCUT2D eigenvalue weighted by Gasteiger charge is -2.39. The van der Waals surface area contributed by atoms with Crippen molar-refractivity contribution in [1.82, 2.24) is 25.6 Å². The summed E-state index contributed by atoms with van der Waals surface area (Å²) in [7, 11) is 0. The number of hydrogen-bond donors (Lipinski definition) is 2. The Morgan fingerprint density at radius 2 is 2.07 bits per heavy atom. The van der Waals surface area contributed by atoms with Crippen molar-refractivity contribution in [3.05, 3.63) is 30.1 Å². The van der Waals surface area contributed by atoms with Crippen LogP contribution in [-0.4, -0.2) is 58.8 Å². The molecule has 3 aliphatic heterocycles. The van der Waals surface area contributed by atoms with Gasteiger partial charge in [-0.3, -0.25) is 14.6 Å². The Balaban J connectivity index is 1.39. The van der Waals surface area contributed by atoms with E-state index in [1.165, 1.54) is 0 Å². The maximum Gasteiger partial charge on any atom is 0.241 e. The van der Waals surface area contributed by atoms with Crippen LogP contribution in [-0.2, 0) is 9.59 Å². The number of likely N-dealkylation sites (tertiary alicyclic amines) is 2. The summed E-state index contributed by atoms with van der Waals surface area (Å²) in [6, 6.07) is 3.80. The SMILES string of the molecule is CCCN1CCCC2(CCN(C(=O)C3CC(c4ccncc4)NN3)C2)C1=O. The molecule has 7 heteroatoms. The van der Waals surface area contributed by atoms with Crippen LogP contribution < -0.4 is 10.9 Å². The van der Waals surface area contributed by atoms with Crippen LogP contribution in [0.25, 0.3) is 0 Å². The van der Waals surface area contributed by atoms with Gasteiger partial charge >= 0.3 is 0 Å². The average Bonchev–Trinajstić information content (AvgIpc) is 3.35. The lowest BCUT2D eigenvalue weighted by Crippen LogP contribution is -2.51. The summed E-state index contributed by atoms with van der Waals surface area (Å²) >= 11 is 0. The Kier molecular flexibility index (Phi) is 5.14. The van der Waals surface area contributed by atoms with Crippen molar-refractivity contribution in [1.29, 1.82) is 0 Å². The maximum absolute atomic E-state index is 13.1. The van der Waals surface area contributed by atoms with Crippen molar-refractivity contribution in [3.63, 3.8) is 0 Å². The number of carbonyl (C=O) groups excluding carboxylic acids is 2. The van der Waals surface area contributed by atoms with Gasteiger partial charge in [0.2, 0.25) is 11.8 Å². The minimum atomic E-state index is -0.348. The van der Waals surface area contributed by atoms with Gasteiger partial charge in [0.1, 0.15) is 6.04 Å². The number of aromatic nitrogens is 1. The lowest BCUT2D eigenvalue weighted by atomic mass is 9.78. The Morgan fingerprint density at radius 1 is 1.26 bits per heavy atom. The maximum atomic E-state index is 13.1. The molecule has 146 valence electrons. The van der Waals surface area contributed by atoms with Crippen molar-refractivity contribution >= 4 is 11.8 Å². The van der Waals surface area contributed by atoms with E-state index in [1.807, 2.05) is 21.9 Å². The number of pyridine rings is 1. The van der Waals surface area contributed by atoms with Crippen molar-refractivity contribution in [2.75, 3.05) is 26.2 Å². The zero-order chi connectivity index (χ0) is 18.9. The van der Waals surface area contributed by atoms with Crippen molar-refractivity contribution in [3.8, 4) is 0 Å². The molecule has 0 aliphatic carbocycles. The van der Waals surface area contributed by atoms with Crippen molar-refractivity contribution < 1.29 is 9.59 Å². The summed E-state index contributed by atoms with van der Waals surface area (Å²) in [5, 5.41) is 0. The monoisotopic (exact) mass is 371 g/mol. The van der Waals surface area contributed by atoms with Gasteiger partial charge in [-0.25, -0.2) is 10.9 Å². The molecule has 1 aromatic rings. The van der Waals surface area contributed by atoms with Gasteiger partial charge in [0, 0.05) is 44.6 Å². The van der Waals surface area contributed by atoms with Gasteiger partial charge in [-0.1, -0.05) is 6.92 Å². The number of rotatable bonds is 4. The lowest BCUT2D eigenvalue weighted by molar-refractivity contribution is -0.146. The van der Waals surface area contributed by atoms with Gasteiger partial charge in [-0.2, -0.15) is 0 Å². The molecule has 1 spiro atoms. The standard InChI is InChI=1S/C20H29N5O2/c1-2-10-24-11-3-6-20(19(24)27)7-12-25(14-20)18(26)17-13-16(22-23-17)15-4-8-21-9-5-15/h4-5,8-9,16-17,22-23H,2-3,6-7,10-14H2,1H3. The van der Waals surface area contributed by atoms with E-state index in [1.54, 1.807) is 12.4 Å². The molecule has 3 fully saturated rings. The Morgan fingerprint density at radius 3 is 2.85 bits per heavy atom. The van der Waals surface area contributed by atoms with Crippen LogP contribution in [0, 0.1) is 5.41 Å². The van der Waals surface area contributed by atoms with E-state index in [4.69, 9.17) is 0 Å². The highest BCUT2D eigenvalue weighted by Gasteiger charge is 2.50. The fraction of sp³-hybridized carbons (Fsp3) is 0.650. The molecule has 3 saturated heterocycles. The first-order chi connectivity index (χ1) is 13.1. The zero-order valence-electron chi connectivity index (χ0n) is 16.0. The third-order valence-corrected chi connectivity index (χ3v) is 6.29. The average molecular weight is 371 g/mol. The summed E-state index contributed by atoms with van der Waals surface area (Å²) in [4.78, 5) is 34.0. The van der Waals surface area contributed by atoms with Gasteiger partial charge in [0.25, 0.3) is 0 Å². The number of piperidine rings is 1. The second-order valence-electron chi connectivity index (χ2n) is 8.10. The first-order valence-electron chi connectivity index (χ1n) is 10.1. The second-order valence-corrected chi connectivity index (χ2v) is 8.10. The molecule has 1 aromatic heterocycles. The highest BCUT2D eigenvalue weighted by Crippen LogP contribution is 2.40. The fourth-order valence-corrected chi connectivity index (χ4v) is 4.83. The number of amides is 2. The summed E-state index contributed by atoms with van der Waals surface area (Å²) in [5.41, 5.74) is 7.17. The first kappa shape index (κ1) is 18.4. The first-order valence-corrected chi connectivity index (χ1v) is 10.1. The minimum Gasteiger partial charge on any atom is -0.342 e. The smallest absolute Gasteiger partial charge is 0.241 e. The van der Waals surface area contributed by atoms with Crippen LogP contribution in [0.4, 0.5) is 0 Å². The van der Waals surface area contributed by atoms with Crippen molar-refractivity contribution in [2.24, 2.45) is 5.41 Å². The van der Waals surface area contributed by atoms with E-state index < -0.39 is 0 Å². The molecular formula is C20H29N5O2. The molecule has 0 radical (unpaired) electrons. The third-order valence-electron chi connectivity index (χ3n) is 6.29. The van der Waals surface area contributed by atoms with E-state index in [2.05, 4.69) is 22.8 Å². The van der Waals surface area contributed by atoms with E-state index in [0.29, 0.717) is 19.5 Å². The zero-order valence-corrected chi connectivity index (χ0v) is 16.0. The minimum absolute atomic E-state index is 0.106. The molecule has 4 rings (SSSR count). The van der Waals surface area contributed by atoms with Crippen LogP contribution in [0.2, 0.25) is 0 Å². The van der Waals surface area contributed by atoms with Crippen LogP contribution in [0.3, 0.4) is 0 Å². The molecule has 3 aliphatic rings. The summed E-state index contributed by atoms with van der Waals surface area (Å²) < 4.78 is 0. The summed E-state index contributed by atoms with van der Waals surface area (Å²) in [5.74, 6) is 0.370. The Bertz CT molecular complexity index is 695. The predicted octanol–water partition coefficient (Wildman–Crippen LogP) is 1.24. The Labute approximate surface area is 160 Å². The highest BCUT2D eigenvalue weighted by atomic mass is 16.2. The number of hydrogen-bond acceptors (Lipinski definition) is 5. The second kappa shape index (κ2) is 7.56. The van der Waals surface area contributed by atoms with Crippen LogP contribution in [0.5, 0.6) is 0 Å². The fourth-order valence-electron chi connectivity index (χ4n) is 4.83. The van der Waals surface area contributed by atoms with Gasteiger partial charge in [0.15, 0.2) is 0 Å². The van der Waals surface area contributed by atoms with Crippen molar-refractivity contribution in [2.45, 2.75) is 51.1 Å². The molecule has 0 aromatic carbocycles. The van der Waals surface area contributed by atoms with E-state index >= 15 is 0 Å². The molecule has 3 atom stereocenters. The van der Waals surface area contributed by atoms with E-state index in [9.17, 15) is 9.59 Å². The molecule has 0 saturated carbocycles. The summed E-state index contributed by atoms with van der Waals surface area (Å²) in [6.07, 6.45) is 7.99. The summed E-state index contributed by atoms with van der Waals surface area (Å²) in [6.45, 7) is 5.06. The van der Waals surface area contributed by atoms with Gasteiger partial charge in [-0.05, 0) is 49.8 Å². The molecule has 3 unspecified atom stereocenters. The number of hydrazine groups is 1. The highest BCUT2D eigenvalue weighted by molar-refractivity contribution is 5.87. The molecule has 2 N–H and O–H groups in total. The van der Waals surface area contributed by atoms with Crippen LogP contribution in [0.1, 0.15) is 50.6 Å². The molecule has 7 nitrogen and oxygen atoms in total. The van der Waals surface area contributed by atoms with Gasteiger partial charge < -0.3 is 9.80 Å². The quantitative estimate of drug-likeness (QED) is 0.833. The van der Waals surface area contributed by atoms with Crippen LogP contribution in [0.15, 0.2) is 24.5 Å². The third kappa shape index (κ3) is 3.46. The number of carbonyl (C=O) groups is 2. The molecule has 4 heterocycles. The van der Waals surface area contributed by atoms with Gasteiger partial charge in [-0.15, -0.1) is 0 Å². The number of nitrogens with one attached hydrogen (secondary N) is 2.